The normalized spacial score (nSPS) is 10.6. The molecule has 0 spiro atoms. The second kappa shape index (κ2) is 4.77. The number of thiophene rings is 1. The summed E-state index contributed by atoms with van der Waals surface area (Å²) in [7, 11) is 0. The van der Waals surface area contributed by atoms with Gasteiger partial charge < -0.3 is 0 Å². The summed E-state index contributed by atoms with van der Waals surface area (Å²) in [5, 5.41) is 0. The summed E-state index contributed by atoms with van der Waals surface area (Å²) in [6.07, 6.45) is 0. The quantitative estimate of drug-likeness (QED) is 0.730. The van der Waals surface area contributed by atoms with Crippen molar-refractivity contribution in [3.05, 3.63) is 55.4 Å². The van der Waals surface area contributed by atoms with Gasteiger partial charge in [-0.3, -0.25) is 4.79 Å². The van der Waals surface area contributed by atoms with Gasteiger partial charge in [-0.15, -0.1) is 11.3 Å². The molecule has 0 saturated carbocycles. The molecule has 0 saturated heterocycles. The Morgan fingerprint density at radius 2 is 1.94 bits per heavy atom. The first-order chi connectivity index (χ1) is 7.99. The van der Waals surface area contributed by atoms with Crippen molar-refractivity contribution in [2.45, 2.75) is 6.92 Å². The van der Waals surface area contributed by atoms with Gasteiger partial charge in [-0.25, -0.2) is 4.39 Å². The number of carbonyl (C=O) groups is 1. The number of halogens is 3. The molecule has 0 aliphatic rings. The molecule has 0 atom stereocenters. The predicted octanol–water partition coefficient (Wildman–Crippen LogP) is 4.73. The first-order valence-corrected chi connectivity index (χ1v) is 6.32. The smallest absolute Gasteiger partial charge is 0.195 e. The number of ketones is 1. The summed E-state index contributed by atoms with van der Waals surface area (Å²) in [6.45, 7) is 1.74. The highest BCUT2D eigenvalue weighted by Crippen LogP contribution is 2.33. The Labute approximate surface area is 112 Å². The van der Waals surface area contributed by atoms with E-state index < -0.39 is 5.82 Å². The van der Waals surface area contributed by atoms with Crippen LogP contribution >= 0.6 is 34.5 Å². The summed E-state index contributed by atoms with van der Waals surface area (Å²) in [5.74, 6) is -0.758. The van der Waals surface area contributed by atoms with Crippen LogP contribution in [0.25, 0.3) is 0 Å². The van der Waals surface area contributed by atoms with Gasteiger partial charge in [0.2, 0.25) is 0 Å². The van der Waals surface area contributed by atoms with Crippen LogP contribution in [-0.4, -0.2) is 5.78 Å². The first kappa shape index (κ1) is 12.6. The fourth-order valence-electron chi connectivity index (χ4n) is 1.48. The fraction of sp³-hybridized carbons (Fsp3) is 0.0833. The van der Waals surface area contributed by atoms with Crippen molar-refractivity contribution in [2.75, 3.05) is 0 Å². The van der Waals surface area contributed by atoms with Gasteiger partial charge in [0.25, 0.3) is 0 Å². The first-order valence-electron chi connectivity index (χ1n) is 4.74. The maximum absolute atomic E-state index is 13.1. The van der Waals surface area contributed by atoms with E-state index in [1.807, 2.05) is 0 Å². The van der Waals surface area contributed by atoms with Gasteiger partial charge in [0.1, 0.15) is 10.2 Å². The average Bonchev–Trinajstić information content (AvgIpc) is 2.60. The van der Waals surface area contributed by atoms with E-state index in [-0.39, 0.29) is 5.78 Å². The second-order valence-corrected chi connectivity index (χ2v) is 5.81. The van der Waals surface area contributed by atoms with Crippen LogP contribution in [0.5, 0.6) is 0 Å². The number of hydrogen-bond donors (Lipinski definition) is 0. The second-order valence-electron chi connectivity index (χ2n) is 3.53. The summed E-state index contributed by atoms with van der Waals surface area (Å²) in [5.41, 5.74) is 1.33. The SMILES string of the molecule is Cc1ccc(F)cc1C(=O)c1cc(Cl)sc1Cl. The molecule has 5 heteroatoms. The maximum atomic E-state index is 13.1. The molecule has 0 amide bonds. The van der Waals surface area contributed by atoms with E-state index in [1.54, 1.807) is 13.0 Å². The molecule has 0 aliphatic heterocycles. The van der Waals surface area contributed by atoms with Crippen molar-refractivity contribution in [3.8, 4) is 0 Å². The Morgan fingerprint density at radius 1 is 1.24 bits per heavy atom. The van der Waals surface area contributed by atoms with Crippen molar-refractivity contribution in [1.29, 1.82) is 0 Å². The topological polar surface area (TPSA) is 17.1 Å². The number of rotatable bonds is 2. The van der Waals surface area contributed by atoms with Gasteiger partial charge in [0, 0.05) is 5.56 Å². The lowest BCUT2D eigenvalue weighted by Crippen LogP contribution is -2.03. The average molecular weight is 289 g/mol. The Bertz CT molecular complexity index is 592. The number of hydrogen-bond acceptors (Lipinski definition) is 2. The zero-order valence-corrected chi connectivity index (χ0v) is 11.1. The number of benzene rings is 1. The van der Waals surface area contributed by atoms with Crippen molar-refractivity contribution < 1.29 is 9.18 Å². The zero-order valence-electron chi connectivity index (χ0n) is 8.76. The van der Waals surface area contributed by atoms with Crippen molar-refractivity contribution >= 4 is 40.3 Å². The minimum Gasteiger partial charge on any atom is -0.289 e. The van der Waals surface area contributed by atoms with E-state index in [4.69, 9.17) is 23.2 Å². The van der Waals surface area contributed by atoms with Gasteiger partial charge in [-0.1, -0.05) is 29.3 Å². The summed E-state index contributed by atoms with van der Waals surface area (Å²) in [6, 6.07) is 5.58. The molecule has 0 bridgehead atoms. The third kappa shape index (κ3) is 2.51. The lowest BCUT2D eigenvalue weighted by Gasteiger charge is -2.03. The van der Waals surface area contributed by atoms with Crippen molar-refractivity contribution in [1.82, 2.24) is 0 Å². The maximum Gasteiger partial charge on any atom is 0.195 e. The minimum absolute atomic E-state index is 0.307. The Balaban J connectivity index is 2.50. The molecule has 0 fully saturated rings. The van der Waals surface area contributed by atoms with E-state index in [0.29, 0.717) is 25.4 Å². The van der Waals surface area contributed by atoms with Crippen LogP contribution in [0.15, 0.2) is 24.3 Å². The van der Waals surface area contributed by atoms with Gasteiger partial charge in [-0.05, 0) is 30.7 Å². The summed E-state index contributed by atoms with van der Waals surface area (Å²) in [4.78, 5) is 12.2. The zero-order chi connectivity index (χ0) is 12.6. The van der Waals surface area contributed by atoms with E-state index in [9.17, 15) is 9.18 Å². The predicted molar refractivity (Wildman–Crippen MR) is 68.9 cm³/mol. The van der Waals surface area contributed by atoms with Crippen molar-refractivity contribution in [3.63, 3.8) is 0 Å². The summed E-state index contributed by atoms with van der Waals surface area (Å²) < 4.78 is 13.9. The van der Waals surface area contributed by atoms with E-state index in [2.05, 4.69) is 0 Å². The van der Waals surface area contributed by atoms with Crippen LogP contribution in [0.4, 0.5) is 4.39 Å². The molecule has 1 aromatic carbocycles. The lowest BCUT2D eigenvalue weighted by atomic mass is 10.0. The third-order valence-electron chi connectivity index (χ3n) is 2.35. The summed E-state index contributed by atoms with van der Waals surface area (Å²) >= 11 is 12.8. The minimum atomic E-state index is -0.448. The lowest BCUT2D eigenvalue weighted by molar-refractivity contribution is 0.103. The molecule has 17 heavy (non-hydrogen) atoms. The van der Waals surface area contributed by atoms with Gasteiger partial charge in [0.05, 0.1) is 9.90 Å². The molecule has 0 N–H and O–H groups in total. The van der Waals surface area contributed by atoms with Crippen LogP contribution in [0.1, 0.15) is 21.5 Å². The molecular weight excluding hydrogens is 282 g/mol. The van der Waals surface area contributed by atoms with Gasteiger partial charge in [0.15, 0.2) is 5.78 Å². The molecule has 1 heterocycles. The molecule has 1 aromatic heterocycles. The molecule has 1 nitrogen and oxygen atoms in total. The largest absolute Gasteiger partial charge is 0.289 e. The monoisotopic (exact) mass is 288 g/mol. The van der Waals surface area contributed by atoms with Crippen molar-refractivity contribution in [2.24, 2.45) is 0 Å². The molecule has 2 rings (SSSR count). The van der Waals surface area contributed by atoms with Crippen LogP contribution < -0.4 is 0 Å². The Morgan fingerprint density at radius 3 is 2.53 bits per heavy atom. The van der Waals surface area contributed by atoms with Crippen LogP contribution in [-0.2, 0) is 0 Å². The van der Waals surface area contributed by atoms with Crippen LogP contribution in [0, 0.1) is 12.7 Å². The molecule has 88 valence electrons. The molecule has 0 radical (unpaired) electrons. The Kier molecular flexibility index (Phi) is 3.52. The fourth-order valence-corrected chi connectivity index (χ4v) is 2.94. The molecule has 0 unspecified atom stereocenters. The molecule has 0 aliphatic carbocycles. The van der Waals surface area contributed by atoms with Crippen LogP contribution in [0.2, 0.25) is 8.67 Å². The van der Waals surface area contributed by atoms with E-state index in [0.717, 1.165) is 11.3 Å². The third-order valence-corrected chi connectivity index (χ3v) is 3.83. The standard InChI is InChI=1S/C12H7Cl2FOS/c1-6-2-3-7(15)4-8(6)11(16)9-5-10(13)17-12(9)14/h2-5H,1H3. The highest BCUT2D eigenvalue weighted by atomic mass is 35.5. The molecular formula is C12H7Cl2FOS. The highest BCUT2D eigenvalue weighted by Gasteiger charge is 2.18. The molecule has 2 aromatic rings. The number of aryl methyl sites for hydroxylation is 1. The highest BCUT2D eigenvalue weighted by molar-refractivity contribution is 7.20. The van der Waals surface area contributed by atoms with Gasteiger partial charge >= 0.3 is 0 Å². The van der Waals surface area contributed by atoms with Crippen LogP contribution in [0.3, 0.4) is 0 Å². The Hall–Kier alpha value is -0.900. The number of carbonyl (C=O) groups excluding carboxylic acids is 1. The van der Waals surface area contributed by atoms with Gasteiger partial charge in [-0.2, -0.15) is 0 Å². The van der Waals surface area contributed by atoms with E-state index in [1.165, 1.54) is 18.2 Å². The van der Waals surface area contributed by atoms with E-state index >= 15 is 0 Å².